The van der Waals surface area contributed by atoms with Gasteiger partial charge in [-0.15, -0.1) is 5.10 Å². The maximum atomic E-state index is 14.0. The van der Waals surface area contributed by atoms with Crippen molar-refractivity contribution in [2.24, 2.45) is 5.92 Å². The molecule has 0 spiro atoms. The molecule has 0 unspecified atom stereocenters. The number of fused-ring (bicyclic) bond motifs is 1. The summed E-state index contributed by atoms with van der Waals surface area (Å²) >= 11 is 0. The van der Waals surface area contributed by atoms with Crippen LogP contribution in [0, 0.1) is 11.7 Å². The average Bonchev–Trinajstić information content (AvgIpc) is 3.54. The second-order valence-electron chi connectivity index (χ2n) is 10.9. The zero-order valence-corrected chi connectivity index (χ0v) is 23.8. The van der Waals surface area contributed by atoms with Gasteiger partial charge in [-0.3, -0.25) is 4.79 Å². The molecule has 2 N–H and O–H groups in total. The highest BCUT2D eigenvalue weighted by Gasteiger charge is 2.25. The van der Waals surface area contributed by atoms with E-state index in [0.29, 0.717) is 46.9 Å². The van der Waals surface area contributed by atoms with E-state index in [1.807, 2.05) is 23.0 Å². The number of aromatic amines is 1. The standard InChI is InChI=1S/C29H35FN6O3S/c1-19(2)16-21-4-7-24(8-5-21)40(38,39)31-12-15-35-13-10-23(11-14-35)36-18-27(33-34-36)28-25-17-22(30)6-9-26(25)32-29(28)20(3)37/h4-9,17-19,23,31-32H,10-16H2,1-3H3. The summed E-state index contributed by atoms with van der Waals surface area (Å²) in [5.74, 6) is -0.0287. The van der Waals surface area contributed by atoms with Crippen molar-refractivity contribution >= 4 is 26.7 Å². The highest BCUT2D eigenvalue weighted by Crippen LogP contribution is 2.33. The number of likely N-dealkylation sites (tertiary alicyclic amines) is 1. The van der Waals surface area contributed by atoms with Gasteiger partial charge < -0.3 is 9.88 Å². The van der Waals surface area contributed by atoms with E-state index in [0.717, 1.165) is 37.9 Å². The van der Waals surface area contributed by atoms with Crippen molar-refractivity contribution in [3.63, 3.8) is 0 Å². The average molecular weight is 567 g/mol. The third-order valence-corrected chi connectivity index (χ3v) is 8.88. The van der Waals surface area contributed by atoms with E-state index in [4.69, 9.17) is 0 Å². The number of piperidine rings is 1. The van der Waals surface area contributed by atoms with Crippen molar-refractivity contribution in [1.82, 2.24) is 29.6 Å². The lowest BCUT2D eigenvalue weighted by atomic mass is 10.0. The molecule has 4 aromatic rings. The van der Waals surface area contributed by atoms with Crippen LogP contribution in [0.15, 0.2) is 53.6 Å². The topological polar surface area (TPSA) is 113 Å². The minimum absolute atomic E-state index is 0.126. The minimum Gasteiger partial charge on any atom is -0.352 e. The van der Waals surface area contributed by atoms with Crippen LogP contribution in [0.1, 0.15) is 55.7 Å². The van der Waals surface area contributed by atoms with Crippen molar-refractivity contribution in [3.8, 4) is 11.3 Å². The summed E-state index contributed by atoms with van der Waals surface area (Å²) < 4.78 is 44.0. The number of Topliss-reactive ketones (excluding diaryl/α,β-unsaturated/α-hetero) is 1. The van der Waals surface area contributed by atoms with E-state index in [-0.39, 0.29) is 22.5 Å². The number of benzene rings is 2. The smallest absolute Gasteiger partial charge is 0.240 e. The molecule has 2 aromatic heterocycles. The molecule has 0 atom stereocenters. The van der Waals surface area contributed by atoms with E-state index >= 15 is 0 Å². The zero-order chi connectivity index (χ0) is 28.4. The maximum Gasteiger partial charge on any atom is 0.240 e. The number of rotatable bonds is 10. The van der Waals surface area contributed by atoms with Crippen LogP contribution in [0.3, 0.4) is 0 Å². The van der Waals surface area contributed by atoms with Crippen LogP contribution in [0.4, 0.5) is 4.39 Å². The summed E-state index contributed by atoms with van der Waals surface area (Å²) in [5, 5.41) is 9.26. The Kier molecular flexibility index (Phi) is 8.16. The Morgan fingerprint density at radius 2 is 1.88 bits per heavy atom. The van der Waals surface area contributed by atoms with Crippen molar-refractivity contribution in [3.05, 3.63) is 65.7 Å². The van der Waals surface area contributed by atoms with Crippen LogP contribution >= 0.6 is 0 Å². The zero-order valence-electron chi connectivity index (χ0n) is 23.0. The predicted molar refractivity (Wildman–Crippen MR) is 152 cm³/mol. The molecule has 212 valence electrons. The minimum atomic E-state index is -3.56. The van der Waals surface area contributed by atoms with Crippen molar-refractivity contribution in [2.45, 2.75) is 51.0 Å². The summed E-state index contributed by atoms with van der Waals surface area (Å²) in [4.78, 5) is 17.9. The molecule has 5 rings (SSSR count). The molecule has 0 bridgehead atoms. The third kappa shape index (κ3) is 6.16. The normalized spacial score (nSPS) is 15.3. The highest BCUT2D eigenvalue weighted by atomic mass is 32.2. The second kappa shape index (κ2) is 11.6. The van der Waals surface area contributed by atoms with Gasteiger partial charge in [0.15, 0.2) is 5.78 Å². The van der Waals surface area contributed by atoms with Crippen LogP contribution in [0.5, 0.6) is 0 Å². The summed E-state index contributed by atoms with van der Waals surface area (Å²) in [5.41, 5.74) is 3.27. The van der Waals surface area contributed by atoms with Crippen molar-refractivity contribution in [1.29, 1.82) is 0 Å². The number of carbonyl (C=O) groups excluding carboxylic acids is 1. The van der Waals surface area contributed by atoms with Crippen LogP contribution < -0.4 is 4.72 Å². The van der Waals surface area contributed by atoms with Gasteiger partial charge in [-0.25, -0.2) is 22.2 Å². The lowest BCUT2D eigenvalue weighted by Crippen LogP contribution is -2.40. The quantitative estimate of drug-likeness (QED) is 0.272. The Morgan fingerprint density at radius 3 is 2.55 bits per heavy atom. The number of halogens is 1. The molecule has 3 heterocycles. The van der Waals surface area contributed by atoms with Gasteiger partial charge in [0.2, 0.25) is 10.0 Å². The van der Waals surface area contributed by atoms with Gasteiger partial charge in [0, 0.05) is 49.6 Å². The van der Waals surface area contributed by atoms with Crippen LogP contribution in [0.25, 0.3) is 22.2 Å². The number of H-pyrrole nitrogens is 1. The fourth-order valence-electron chi connectivity index (χ4n) is 5.37. The monoisotopic (exact) mass is 566 g/mol. The van der Waals surface area contributed by atoms with Crippen LogP contribution in [0.2, 0.25) is 0 Å². The Labute approximate surface area is 233 Å². The van der Waals surface area contributed by atoms with E-state index in [9.17, 15) is 17.6 Å². The lowest BCUT2D eigenvalue weighted by molar-refractivity contribution is 0.101. The van der Waals surface area contributed by atoms with Gasteiger partial charge in [0.05, 0.1) is 22.8 Å². The van der Waals surface area contributed by atoms with Crippen LogP contribution in [-0.4, -0.2) is 65.3 Å². The first-order valence-corrected chi connectivity index (χ1v) is 15.1. The Bertz CT molecular complexity index is 1600. The van der Waals surface area contributed by atoms with Crippen molar-refractivity contribution < 1.29 is 17.6 Å². The van der Waals surface area contributed by atoms with Crippen LogP contribution in [-0.2, 0) is 16.4 Å². The van der Waals surface area contributed by atoms with E-state index < -0.39 is 10.0 Å². The van der Waals surface area contributed by atoms with Gasteiger partial charge in [0.1, 0.15) is 11.5 Å². The Balaban J connectivity index is 1.17. The maximum absolute atomic E-state index is 14.0. The van der Waals surface area contributed by atoms with Gasteiger partial charge >= 0.3 is 0 Å². The van der Waals surface area contributed by atoms with Gasteiger partial charge in [-0.05, 0) is 61.1 Å². The number of hydrogen-bond acceptors (Lipinski definition) is 6. The Hall–Kier alpha value is -3.41. The van der Waals surface area contributed by atoms with E-state index in [2.05, 4.69) is 38.8 Å². The first-order valence-electron chi connectivity index (χ1n) is 13.7. The molecule has 11 heteroatoms. The first-order chi connectivity index (χ1) is 19.1. The van der Waals surface area contributed by atoms with Gasteiger partial charge in [-0.1, -0.05) is 31.2 Å². The summed E-state index contributed by atoms with van der Waals surface area (Å²) in [6.07, 6.45) is 4.40. The van der Waals surface area contributed by atoms with Gasteiger partial charge in [0.25, 0.3) is 0 Å². The molecule has 0 aliphatic carbocycles. The number of hydrogen-bond donors (Lipinski definition) is 2. The molecular weight excluding hydrogens is 531 g/mol. The number of nitrogens with zero attached hydrogens (tertiary/aromatic N) is 4. The molecule has 1 saturated heterocycles. The summed E-state index contributed by atoms with van der Waals surface area (Å²) in [6.45, 7) is 8.27. The molecular formula is C29H35FN6O3S. The predicted octanol–water partition coefficient (Wildman–Crippen LogP) is 4.58. The molecule has 9 nitrogen and oxygen atoms in total. The van der Waals surface area contributed by atoms with Crippen molar-refractivity contribution in [2.75, 3.05) is 26.2 Å². The fraction of sp³-hybridized carbons (Fsp3) is 0.414. The number of carbonyl (C=O) groups is 1. The summed E-state index contributed by atoms with van der Waals surface area (Å²) in [6, 6.07) is 11.6. The number of nitrogens with one attached hydrogen (secondary N) is 2. The molecule has 0 radical (unpaired) electrons. The van der Waals surface area contributed by atoms with E-state index in [1.54, 1.807) is 18.2 Å². The SMILES string of the molecule is CC(=O)c1[nH]c2ccc(F)cc2c1-c1cn(C2CCN(CCNS(=O)(=O)c3ccc(CC(C)C)cc3)CC2)nn1. The molecule has 2 aromatic carbocycles. The fourth-order valence-corrected chi connectivity index (χ4v) is 6.39. The first kappa shape index (κ1) is 28.1. The molecule has 1 aliphatic rings. The molecule has 0 saturated carbocycles. The largest absolute Gasteiger partial charge is 0.352 e. The third-order valence-electron chi connectivity index (χ3n) is 7.41. The molecule has 40 heavy (non-hydrogen) atoms. The number of sulfonamides is 1. The molecule has 1 aliphatic heterocycles. The van der Waals surface area contributed by atoms with Gasteiger partial charge in [-0.2, -0.15) is 0 Å². The summed E-state index contributed by atoms with van der Waals surface area (Å²) in [7, 11) is -3.56. The number of ketones is 1. The highest BCUT2D eigenvalue weighted by molar-refractivity contribution is 7.89. The second-order valence-corrected chi connectivity index (χ2v) is 12.7. The lowest BCUT2D eigenvalue weighted by Gasteiger charge is -2.31. The molecule has 1 fully saturated rings. The van der Waals surface area contributed by atoms with E-state index in [1.165, 1.54) is 19.1 Å². The molecule has 0 amide bonds. The Morgan fingerprint density at radius 1 is 1.15 bits per heavy atom. The number of aromatic nitrogens is 4.